The summed E-state index contributed by atoms with van der Waals surface area (Å²) in [4.78, 5) is 12.4. The highest BCUT2D eigenvalue weighted by Crippen LogP contribution is 2.52. The lowest BCUT2D eigenvalue weighted by Gasteiger charge is -2.51. The normalized spacial score (nSPS) is 40.2. The third kappa shape index (κ3) is 2.78. The van der Waals surface area contributed by atoms with E-state index in [4.69, 9.17) is 9.47 Å². The van der Waals surface area contributed by atoms with Gasteiger partial charge in [0.05, 0.1) is 13.7 Å². The highest BCUT2D eigenvalue weighted by atomic mass is 79.9. The lowest BCUT2D eigenvalue weighted by Crippen LogP contribution is -2.58. The summed E-state index contributed by atoms with van der Waals surface area (Å²) < 4.78 is 10.9. The molecular formula is C17H22BrNO5. The topological polar surface area (TPSA) is 82.1 Å². The minimum atomic E-state index is -0.672. The van der Waals surface area contributed by atoms with Gasteiger partial charge in [0, 0.05) is 12.8 Å². The molecule has 3 aliphatic rings. The molecule has 24 heavy (non-hydrogen) atoms. The molecule has 0 amide bonds. The third-order valence-corrected chi connectivity index (χ3v) is 5.60. The lowest BCUT2D eigenvalue weighted by molar-refractivity contribution is -0.911. The van der Waals surface area contributed by atoms with Gasteiger partial charge in [-0.1, -0.05) is 30.3 Å². The van der Waals surface area contributed by atoms with Crippen LogP contribution in [0.15, 0.2) is 30.3 Å². The van der Waals surface area contributed by atoms with Gasteiger partial charge >= 0.3 is 5.97 Å². The van der Waals surface area contributed by atoms with Crippen LogP contribution in [0.2, 0.25) is 0 Å². The van der Waals surface area contributed by atoms with Gasteiger partial charge in [-0.05, 0) is 5.56 Å². The van der Waals surface area contributed by atoms with Crippen LogP contribution in [0.1, 0.15) is 24.3 Å². The Hall–Kier alpha value is -0.990. The number of quaternary nitrogens is 1. The number of piperidine rings is 1. The van der Waals surface area contributed by atoms with Gasteiger partial charge in [-0.3, -0.25) is 4.79 Å². The molecule has 1 N–H and O–H groups in total. The van der Waals surface area contributed by atoms with Crippen LogP contribution in [0.4, 0.5) is 0 Å². The molecule has 6 nitrogen and oxygen atoms in total. The lowest BCUT2D eigenvalue weighted by atomic mass is 9.97. The van der Waals surface area contributed by atoms with Crippen molar-refractivity contribution in [3.8, 4) is 0 Å². The number of carbonyl (C=O) groups excluding carboxylic acids is 1. The Labute approximate surface area is 151 Å². The van der Waals surface area contributed by atoms with Crippen LogP contribution in [-0.4, -0.2) is 59.8 Å². The molecular weight excluding hydrogens is 378 g/mol. The molecule has 1 aromatic carbocycles. The van der Waals surface area contributed by atoms with Gasteiger partial charge in [0.1, 0.15) is 36.3 Å². The first-order chi connectivity index (χ1) is 11.0. The number of hydrogen-bond donors (Lipinski definition) is 1. The minimum Gasteiger partial charge on any atom is -0.632 e. The van der Waals surface area contributed by atoms with Gasteiger partial charge in [0.25, 0.3) is 0 Å². The van der Waals surface area contributed by atoms with Crippen LogP contribution in [0.5, 0.6) is 0 Å². The average molecular weight is 400 g/mol. The predicted octanol–water partition coefficient (Wildman–Crippen LogP) is 1.51. The summed E-state index contributed by atoms with van der Waals surface area (Å²) in [6.07, 6.45) is 0.891. The van der Waals surface area contributed by atoms with Crippen LogP contribution in [0, 0.1) is 5.21 Å². The Morgan fingerprint density at radius 3 is 2.46 bits per heavy atom. The van der Waals surface area contributed by atoms with E-state index in [1.54, 1.807) is 19.2 Å². The summed E-state index contributed by atoms with van der Waals surface area (Å²) in [6, 6.07) is 8.86. The van der Waals surface area contributed by atoms with Crippen LogP contribution in [0.3, 0.4) is 0 Å². The summed E-state index contributed by atoms with van der Waals surface area (Å²) in [5.41, 5.74) is 0.745. The van der Waals surface area contributed by atoms with E-state index in [1.165, 1.54) is 0 Å². The highest BCUT2D eigenvalue weighted by molar-refractivity contribution is 8.93. The Balaban J connectivity index is 0.00000169. The van der Waals surface area contributed by atoms with Crippen LogP contribution in [-0.2, 0) is 14.3 Å². The number of ether oxygens (including phenoxy) is 2. The Kier molecular flexibility index (Phi) is 4.74. The molecule has 0 saturated carbocycles. The molecule has 3 heterocycles. The van der Waals surface area contributed by atoms with Crippen molar-refractivity contribution in [2.24, 2.45) is 0 Å². The van der Waals surface area contributed by atoms with Gasteiger partial charge < -0.3 is 24.4 Å². The van der Waals surface area contributed by atoms with Crippen molar-refractivity contribution >= 4 is 23.0 Å². The number of halogens is 1. The smallest absolute Gasteiger partial charge is 0.316 e. The molecule has 132 valence electrons. The first-order valence-corrected chi connectivity index (χ1v) is 8.11. The largest absolute Gasteiger partial charge is 0.632 e. The summed E-state index contributed by atoms with van der Waals surface area (Å²) in [6.45, 7) is -0.286. The van der Waals surface area contributed by atoms with Crippen molar-refractivity contribution in [3.05, 3.63) is 41.1 Å². The van der Waals surface area contributed by atoms with E-state index >= 15 is 0 Å². The molecule has 0 aliphatic carbocycles. The zero-order chi connectivity index (χ0) is 16.2. The standard InChI is InChI=1S/C17H21NO5.BrH/c1-18(21)13-7-11(8-14(18)16-15(13)23-16)22-17(20)12(9-19)10-5-3-2-4-6-10;/h2-6,11-16,19H,7-9H2,1H3;1H/t11?,12-,13+,14+,15-,16+,18?;/m1./s1. The number of esters is 1. The molecule has 7 atom stereocenters. The fourth-order valence-electron chi connectivity index (χ4n) is 4.25. The van der Waals surface area contributed by atoms with Crippen LogP contribution in [0.25, 0.3) is 0 Å². The number of epoxide rings is 1. The molecule has 7 heteroatoms. The van der Waals surface area contributed by atoms with Gasteiger partial charge in [-0.2, -0.15) is 0 Å². The first kappa shape index (κ1) is 17.8. The van der Waals surface area contributed by atoms with E-state index in [9.17, 15) is 15.1 Å². The Bertz CT molecular complexity index is 590. The van der Waals surface area contributed by atoms with Crippen molar-refractivity contribution in [1.82, 2.24) is 0 Å². The Morgan fingerprint density at radius 1 is 1.33 bits per heavy atom. The Morgan fingerprint density at radius 2 is 1.92 bits per heavy atom. The highest BCUT2D eigenvalue weighted by Gasteiger charge is 2.69. The van der Waals surface area contributed by atoms with E-state index in [-0.39, 0.29) is 58.6 Å². The van der Waals surface area contributed by atoms with Gasteiger partial charge in [-0.25, -0.2) is 0 Å². The van der Waals surface area contributed by atoms with E-state index in [2.05, 4.69) is 0 Å². The molecule has 2 bridgehead atoms. The SMILES string of the molecule is Br.C[N+]1([O-])[C@H]2CC(OC(=O)[C@H](CO)c3ccccc3)C[C@H]1[C@H]1O[C@H]12. The maximum Gasteiger partial charge on any atom is 0.316 e. The summed E-state index contributed by atoms with van der Waals surface area (Å²) in [5.74, 6) is -1.09. The second-order valence-electron chi connectivity index (χ2n) is 6.94. The molecule has 0 aromatic heterocycles. The number of fused-ring (bicyclic) bond motifs is 5. The maximum atomic E-state index is 12.6. The number of hydrogen-bond acceptors (Lipinski definition) is 5. The summed E-state index contributed by atoms with van der Waals surface area (Å²) in [7, 11) is 1.70. The van der Waals surface area contributed by atoms with Gasteiger partial charge in [0.15, 0.2) is 0 Å². The minimum absolute atomic E-state index is 0. The van der Waals surface area contributed by atoms with Crippen molar-refractivity contribution in [2.75, 3.05) is 13.7 Å². The first-order valence-electron chi connectivity index (χ1n) is 8.11. The number of aliphatic hydroxyl groups is 1. The zero-order valence-corrected chi connectivity index (χ0v) is 15.1. The number of aliphatic hydroxyl groups excluding tert-OH is 1. The zero-order valence-electron chi connectivity index (χ0n) is 13.4. The summed E-state index contributed by atoms with van der Waals surface area (Å²) in [5, 5.41) is 22.2. The van der Waals surface area contributed by atoms with Crippen molar-refractivity contribution in [3.63, 3.8) is 0 Å². The second kappa shape index (κ2) is 6.38. The molecule has 4 rings (SSSR count). The number of hydroxylamine groups is 3. The molecule has 1 aromatic rings. The van der Waals surface area contributed by atoms with Gasteiger partial charge in [0.2, 0.25) is 0 Å². The van der Waals surface area contributed by atoms with Gasteiger partial charge in [-0.15, -0.1) is 17.0 Å². The number of benzene rings is 1. The van der Waals surface area contributed by atoms with E-state index < -0.39 is 11.9 Å². The number of likely N-dealkylation sites (N-methyl/N-ethyl adjacent to an activating group) is 1. The molecule has 0 spiro atoms. The quantitative estimate of drug-likeness (QED) is 0.359. The van der Waals surface area contributed by atoms with Crippen LogP contribution < -0.4 is 0 Å². The monoisotopic (exact) mass is 399 g/mol. The molecule has 2 unspecified atom stereocenters. The fraction of sp³-hybridized carbons (Fsp3) is 0.588. The van der Waals surface area contributed by atoms with Crippen molar-refractivity contribution in [1.29, 1.82) is 0 Å². The van der Waals surface area contributed by atoms with Crippen LogP contribution >= 0.6 is 17.0 Å². The fourth-order valence-corrected chi connectivity index (χ4v) is 4.25. The maximum absolute atomic E-state index is 12.6. The van der Waals surface area contributed by atoms with E-state index in [0.717, 1.165) is 5.56 Å². The number of carbonyl (C=O) groups is 1. The number of morpholine rings is 1. The molecule has 3 fully saturated rings. The molecule has 3 saturated heterocycles. The number of nitrogens with zero attached hydrogens (tertiary/aromatic N) is 1. The number of rotatable bonds is 4. The molecule has 3 aliphatic heterocycles. The average Bonchev–Trinajstić information content (AvgIpc) is 3.27. The molecule has 0 radical (unpaired) electrons. The second-order valence-corrected chi connectivity index (χ2v) is 6.94. The third-order valence-electron chi connectivity index (χ3n) is 5.60. The van der Waals surface area contributed by atoms with E-state index in [1.807, 2.05) is 18.2 Å². The predicted molar refractivity (Wildman–Crippen MR) is 91.5 cm³/mol. The van der Waals surface area contributed by atoms with Crippen molar-refractivity contribution < 1.29 is 24.0 Å². The van der Waals surface area contributed by atoms with E-state index in [0.29, 0.717) is 12.8 Å². The summed E-state index contributed by atoms with van der Waals surface area (Å²) >= 11 is 0. The van der Waals surface area contributed by atoms with Crippen molar-refractivity contribution in [2.45, 2.75) is 49.2 Å².